The van der Waals surface area contributed by atoms with E-state index in [-0.39, 0.29) is 5.56 Å². The van der Waals surface area contributed by atoms with E-state index in [0.29, 0.717) is 0 Å². The molecule has 4 heteroatoms. The van der Waals surface area contributed by atoms with Gasteiger partial charge in [-0.25, -0.2) is 4.39 Å². The molecule has 0 aliphatic carbocycles. The first kappa shape index (κ1) is 13.2. The molecule has 17 heavy (non-hydrogen) atoms. The smallest absolute Gasteiger partial charge is 0.252 e. The molecule has 0 heterocycles. The van der Waals surface area contributed by atoms with E-state index in [1.54, 1.807) is 13.0 Å². The average Bonchev–Trinajstić information content (AvgIpc) is 2.29. The van der Waals surface area contributed by atoms with Crippen LogP contribution in [0, 0.1) is 5.82 Å². The Kier molecular flexibility index (Phi) is 4.64. The van der Waals surface area contributed by atoms with E-state index in [1.807, 2.05) is 0 Å². The summed E-state index contributed by atoms with van der Waals surface area (Å²) in [5, 5.41) is 12.4. The molecule has 1 aromatic carbocycles. The molecule has 0 spiro atoms. The van der Waals surface area contributed by atoms with Crippen LogP contribution < -0.4 is 5.32 Å². The van der Waals surface area contributed by atoms with E-state index in [2.05, 4.69) is 17.6 Å². The van der Waals surface area contributed by atoms with Gasteiger partial charge in [-0.15, -0.1) is 5.73 Å². The van der Waals surface area contributed by atoms with Crippen molar-refractivity contribution in [2.45, 2.75) is 19.1 Å². The Morgan fingerprint density at radius 1 is 1.59 bits per heavy atom. The summed E-state index contributed by atoms with van der Waals surface area (Å²) in [5.41, 5.74) is 2.48. The zero-order valence-corrected chi connectivity index (χ0v) is 9.48. The van der Waals surface area contributed by atoms with E-state index < -0.39 is 23.9 Å². The van der Waals surface area contributed by atoms with E-state index in [0.717, 1.165) is 6.08 Å². The highest BCUT2D eigenvalue weighted by Crippen LogP contribution is 2.19. The van der Waals surface area contributed by atoms with Crippen LogP contribution >= 0.6 is 0 Å². The fourth-order valence-electron chi connectivity index (χ4n) is 1.42. The predicted octanol–water partition coefficient (Wildman–Crippen LogP) is 1.70. The predicted molar refractivity (Wildman–Crippen MR) is 62.7 cm³/mol. The molecule has 3 nitrogen and oxygen atoms in total. The van der Waals surface area contributed by atoms with Crippen molar-refractivity contribution in [3.8, 4) is 0 Å². The lowest BCUT2D eigenvalue weighted by Gasteiger charge is -2.20. The zero-order valence-electron chi connectivity index (χ0n) is 9.48. The fraction of sp³-hybridized carbons (Fsp3) is 0.231. The van der Waals surface area contributed by atoms with E-state index in [4.69, 9.17) is 0 Å². The second-order valence-corrected chi connectivity index (χ2v) is 3.61. The Morgan fingerprint density at radius 3 is 2.82 bits per heavy atom. The van der Waals surface area contributed by atoms with Gasteiger partial charge in [-0.05, 0) is 13.0 Å². The maximum absolute atomic E-state index is 13.4. The molecule has 0 saturated heterocycles. The fourth-order valence-corrected chi connectivity index (χ4v) is 1.42. The summed E-state index contributed by atoms with van der Waals surface area (Å²) < 4.78 is 13.4. The second kappa shape index (κ2) is 5.99. The first-order valence-electron chi connectivity index (χ1n) is 5.15. The standard InChI is InChI=1S/C13H14FNO2/c1-3-6-12(16)15-9(2)13(17)10-7-4-5-8-11(10)14/h4-9,13,17H,1H2,2H3,(H,15,16). The number of carbonyl (C=O) groups is 1. The summed E-state index contributed by atoms with van der Waals surface area (Å²) in [6.07, 6.45) is 0.0169. The Balaban J connectivity index is 2.76. The summed E-state index contributed by atoms with van der Waals surface area (Å²) in [6, 6.07) is 5.29. The number of hydrogen-bond acceptors (Lipinski definition) is 2. The SMILES string of the molecule is C=C=CC(=O)NC(C)C(O)c1ccccc1F. The van der Waals surface area contributed by atoms with Gasteiger partial charge in [-0.3, -0.25) is 4.79 Å². The van der Waals surface area contributed by atoms with Gasteiger partial charge in [0.25, 0.3) is 5.91 Å². The lowest BCUT2D eigenvalue weighted by molar-refractivity contribution is -0.117. The highest BCUT2D eigenvalue weighted by atomic mass is 19.1. The molecule has 1 rings (SSSR count). The zero-order chi connectivity index (χ0) is 12.8. The van der Waals surface area contributed by atoms with Crippen LogP contribution in [-0.4, -0.2) is 17.1 Å². The van der Waals surface area contributed by atoms with Crippen molar-refractivity contribution in [3.63, 3.8) is 0 Å². The normalized spacial score (nSPS) is 13.4. The number of hydrogen-bond donors (Lipinski definition) is 2. The highest BCUT2D eigenvalue weighted by molar-refractivity contribution is 5.87. The number of benzene rings is 1. The molecule has 2 N–H and O–H groups in total. The van der Waals surface area contributed by atoms with Crippen LogP contribution in [0.3, 0.4) is 0 Å². The van der Waals surface area contributed by atoms with Gasteiger partial charge in [-0.2, -0.15) is 0 Å². The van der Waals surface area contributed by atoms with Crippen LogP contribution in [-0.2, 0) is 4.79 Å². The van der Waals surface area contributed by atoms with Crippen molar-refractivity contribution in [2.75, 3.05) is 0 Å². The van der Waals surface area contributed by atoms with Crippen LogP contribution in [0.2, 0.25) is 0 Å². The lowest BCUT2D eigenvalue weighted by Crippen LogP contribution is -2.36. The molecule has 0 aliphatic rings. The van der Waals surface area contributed by atoms with Crippen molar-refractivity contribution in [2.24, 2.45) is 0 Å². The van der Waals surface area contributed by atoms with Crippen molar-refractivity contribution < 1.29 is 14.3 Å². The number of nitrogens with one attached hydrogen (secondary N) is 1. The van der Waals surface area contributed by atoms with Crippen molar-refractivity contribution in [3.05, 3.63) is 54.0 Å². The minimum atomic E-state index is -1.10. The molecule has 0 aliphatic heterocycles. The second-order valence-electron chi connectivity index (χ2n) is 3.61. The van der Waals surface area contributed by atoms with E-state index in [1.165, 1.54) is 18.2 Å². The minimum Gasteiger partial charge on any atom is -0.386 e. The third-order valence-electron chi connectivity index (χ3n) is 2.30. The summed E-state index contributed by atoms with van der Waals surface area (Å²) in [7, 11) is 0. The molecule has 0 bridgehead atoms. The number of rotatable bonds is 4. The third kappa shape index (κ3) is 3.55. The minimum absolute atomic E-state index is 0.155. The van der Waals surface area contributed by atoms with Crippen molar-refractivity contribution in [1.29, 1.82) is 0 Å². The molecule has 2 unspecified atom stereocenters. The van der Waals surface area contributed by atoms with Gasteiger partial charge in [-0.1, -0.05) is 24.8 Å². The molecule has 0 aromatic heterocycles. The number of carbonyl (C=O) groups excluding carboxylic acids is 1. The largest absolute Gasteiger partial charge is 0.386 e. The van der Waals surface area contributed by atoms with Crippen molar-refractivity contribution >= 4 is 5.91 Å². The van der Waals surface area contributed by atoms with Crippen LogP contribution in [0.5, 0.6) is 0 Å². The summed E-state index contributed by atoms with van der Waals surface area (Å²) >= 11 is 0. The summed E-state index contributed by atoms with van der Waals surface area (Å²) in [5.74, 6) is -0.928. The van der Waals surface area contributed by atoms with Gasteiger partial charge < -0.3 is 10.4 Å². The molecule has 0 radical (unpaired) electrons. The molecule has 0 fully saturated rings. The average molecular weight is 235 g/mol. The number of aliphatic hydroxyl groups is 1. The van der Waals surface area contributed by atoms with E-state index >= 15 is 0 Å². The summed E-state index contributed by atoms with van der Waals surface area (Å²) in [6.45, 7) is 4.85. The van der Waals surface area contributed by atoms with E-state index in [9.17, 15) is 14.3 Å². The number of aliphatic hydroxyl groups excluding tert-OH is 1. The molecular formula is C13H14FNO2. The van der Waals surface area contributed by atoms with Gasteiger partial charge in [0.05, 0.1) is 6.04 Å². The van der Waals surface area contributed by atoms with Crippen LogP contribution in [0.4, 0.5) is 4.39 Å². The van der Waals surface area contributed by atoms with Gasteiger partial charge in [0.1, 0.15) is 11.9 Å². The quantitative estimate of drug-likeness (QED) is 0.616. The van der Waals surface area contributed by atoms with Gasteiger partial charge in [0.15, 0.2) is 0 Å². The molecule has 1 amide bonds. The molecule has 90 valence electrons. The third-order valence-corrected chi connectivity index (χ3v) is 2.30. The summed E-state index contributed by atoms with van der Waals surface area (Å²) in [4.78, 5) is 11.2. The van der Waals surface area contributed by atoms with Gasteiger partial charge >= 0.3 is 0 Å². The molecular weight excluding hydrogens is 221 g/mol. The molecule has 1 aromatic rings. The van der Waals surface area contributed by atoms with Gasteiger partial charge in [0, 0.05) is 11.6 Å². The lowest BCUT2D eigenvalue weighted by atomic mass is 10.0. The van der Waals surface area contributed by atoms with Crippen LogP contribution in [0.15, 0.2) is 42.7 Å². The van der Waals surface area contributed by atoms with Crippen molar-refractivity contribution in [1.82, 2.24) is 5.32 Å². The first-order chi connectivity index (χ1) is 8.06. The van der Waals surface area contributed by atoms with Crippen LogP contribution in [0.25, 0.3) is 0 Å². The highest BCUT2D eigenvalue weighted by Gasteiger charge is 2.20. The topological polar surface area (TPSA) is 49.3 Å². The van der Waals surface area contributed by atoms with Crippen LogP contribution in [0.1, 0.15) is 18.6 Å². The first-order valence-corrected chi connectivity index (χ1v) is 5.15. The molecule has 2 atom stereocenters. The Hall–Kier alpha value is -1.90. The Labute approximate surface area is 99.3 Å². The Bertz CT molecular complexity index is 452. The Morgan fingerprint density at radius 2 is 2.24 bits per heavy atom. The maximum atomic E-state index is 13.4. The monoisotopic (exact) mass is 235 g/mol. The molecule has 0 saturated carbocycles. The number of halogens is 1. The number of amides is 1. The maximum Gasteiger partial charge on any atom is 0.252 e. The van der Waals surface area contributed by atoms with Gasteiger partial charge in [0.2, 0.25) is 0 Å².